The number of hydrogen-bond acceptors (Lipinski definition) is 4. The minimum absolute atomic E-state index is 0.548. The Balaban J connectivity index is 2.72. The van der Waals surface area contributed by atoms with Crippen molar-refractivity contribution in [2.24, 2.45) is 5.73 Å². The fraction of sp³-hybridized carbons (Fsp3) is 0.833. The van der Waals surface area contributed by atoms with Crippen LogP contribution in [0.25, 0.3) is 0 Å². The predicted octanol–water partition coefficient (Wildman–Crippen LogP) is 0.218. The molecule has 10 heavy (non-hydrogen) atoms. The van der Waals surface area contributed by atoms with E-state index < -0.39 is 0 Å². The molecule has 0 aromatic heterocycles. The molecule has 2 N–H and O–H groups in total. The van der Waals surface area contributed by atoms with E-state index in [9.17, 15) is 0 Å². The zero-order valence-electron chi connectivity index (χ0n) is 5.88. The van der Waals surface area contributed by atoms with Gasteiger partial charge in [-0.2, -0.15) is 5.26 Å². The van der Waals surface area contributed by atoms with Crippen LogP contribution in [-0.2, 0) is 4.74 Å². The van der Waals surface area contributed by atoms with Crippen LogP contribution in [0.4, 0.5) is 0 Å². The van der Waals surface area contributed by atoms with Crippen molar-refractivity contribution in [3.05, 3.63) is 0 Å². The molecule has 4 heteroatoms. The van der Waals surface area contributed by atoms with E-state index >= 15 is 0 Å². The van der Waals surface area contributed by atoms with E-state index in [1.165, 1.54) is 0 Å². The summed E-state index contributed by atoms with van der Waals surface area (Å²) >= 11 is 1.58. The molecular formula is C6H12N2OS. The van der Waals surface area contributed by atoms with Crippen LogP contribution < -0.4 is 5.73 Å². The third kappa shape index (κ3) is 7.76. The molecule has 0 aliphatic heterocycles. The highest BCUT2D eigenvalue weighted by Crippen LogP contribution is 1.96. The molecule has 0 bridgehead atoms. The summed E-state index contributed by atoms with van der Waals surface area (Å²) in [6.07, 6.45) is 0. The zero-order valence-corrected chi connectivity index (χ0v) is 6.69. The highest BCUT2D eigenvalue weighted by Gasteiger charge is 1.86. The molecule has 0 aromatic rings. The SMILES string of the molecule is N#CCSCCOCCN. The van der Waals surface area contributed by atoms with Gasteiger partial charge >= 0.3 is 0 Å². The third-order valence-corrected chi connectivity index (χ3v) is 1.59. The van der Waals surface area contributed by atoms with Crippen LogP contribution in [0.15, 0.2) is 0 Å². The van der Waals surface area contributed by atoms with E-state index in [1.807, 2.05) is 6.07 Å². The molecule has 0 saturated heterocycles. The first-order valence-electron chi connectivity index (χ1n) is 3.14. The van der Waals surface area contributed by atoms with Gasteiger partial charge in [0, 0.05) is 12.3 Å². The molecule has 58 valence electrons. The van der Waals surface area contributed by atoms with E-state index in [1.54, 1.807) is 11.8 Å². The van der Waals surface area contributed by atoms with Crippen molar-refractivity contribution in [1.29, 1.82) is 5.26 Å². The first-order valence-corrected chi connectivity index (χ1v) is 4.29. The Morgan fingerprint density at radius 2 is 2.30 bits per heavy atom. The van der Waals surface area contributed by atoms with E-state index in [0.29, 0.717) is 25.5 Å². The molecule has 0 spiro atoms. The average Bonchev–Trinajstić information content (AvgIpc) is 1.97. The average molecular weight is 160 g/mol. The molecule has 0 aliphatic carbocycles. The summed E-state index contributed by atoms with van der Waals surface area (Å²) in [5.74, 6) is 1.43. The number of nitriles is 1. The Morgan fingerprint density at radius 3 is 2.90 bits per heavy atom. The smallest absolute Gasteiger partial charge is 0.0808 e. The molecular weight excluding hydrogens is 148 g/mol. The van der Waals surface area contributed by atoms with Gasteiger partial charge < -0.3 is 10.5 Å². The lowest BCUT2D eigenvalue weighted by Crippen LogP contribution is -2.09. The maximum Gasteiger partial charge on any atom is 0.0808 e. The summed E-state index contributed by atoms with van der Waals surface area (Å²) in [4.78, 5) is 0. The molecule has 0 unspecified atom stereocenters. The molecule has 0 aromatic carbocycles. The maximum atomic E-state index is 8.14. The van der Waals surface area contributed by atoms with Gasteiger partial charge in [-0.05, 0) is 0 Å². The van der Waals surface area contributed by atoms with Crippen molar-refractivity contribution >= 4 is 11.8 Å². The van der Waals surface area contributed by atoms with Gasteiger partial charge in [0.1, 0.15) is 0 Å². The van der Waals surface area contributed by atoms with Crippen molar-refractivity contribution in [3.63, 3.8) is 0 Å². The van der Waals surface area contributed by atoms with Crippen molar-refractivity contribution < 1.29 is 4.74 Å². The molecule has 0 heterocycles. The van der Waals surface area contributed by atoms with Crippen molar-refractivity contribution in [3.8, 4) is 6.07 Å². The molecule has 0 aliphatic rings. The summed E-state index contributed by atoms with van der Waals surface area (Å²) in [7, 11) is 0. The van der Waals surface area contributed by atoms with Gasteiger partial charge in [0.05, 0.1) is 25.0 Å². The molecule has 0 atom stereocenters. The van der Waals surface area contributed by atoms with Gasteiger partial charge in [-0.1, -0.05) is 0 Å². The molecule has 3 nitrogen and oxygen atoms in total. The quantitative estimate of drug-likeness (QED) is 0.565. The van der Waals surface area contributed by atoms with Gasteiger partial charge in [0.25, 0.3) is 0 Å². The lowest BCUT2D eigenvalue weighted by Gasteiger charge is -1.98. The summed E-state index contributed by atoms with van der Waals surface area (Å²) in [6, 6.07) is 2.04. The first kappa shape index (κ1) is 9.76. The van der Waals surface area contributed by atoms with Gasteiger partial charge in [-0.3, -0.25) is 0 Å². The molecule has 0 rings (SSSR count). The fourth-order valence-corrected chi connectivity index (χ4v) is 0.892. The molecule has 0 radical (unpaired) electrons. The zero-order chi connectivity index (χ0) is 7.66. The van der Waals surface area contributed by atoms with E-state index in [0.717, 1.165) is 5.75 Å². The van der Waals surface area contributed by atoms with Crippen molar-refractivity contribution in [2.45, 2.75) is 0 Å². The number of rotatable bonds is 6. The Labute approximate surface area is 65.5 Å². The van der Waals surface area contributed by atoms with Crippen molar-refractivity contribution in [1.82, 2.24) is 0 Å². The highest BCUT2D eigenvalue weighted by molar-refractivity contribution is 7.99. The fourth-order valence-electron chi connectivity index (χ4n) is 0.421. The second-order valence-electron chi connectivity index (χ2n) is 1.61. The van der Waals surface area contributed by atoms with Gasteiger partial charge in [-0.25, -0.2) is 0 Å². The van der Waals surface area contributed by atoms with Crippen LogP contribution in [0.3, 0.4) is 0 Å². The number of hydrogen-bond donors (Lipinski definition) is 1. The number of thioether (sulfide) groups is 1. The minimum atomic E-state index is 0.548. The van der Waals surface area contributed by atoms with Crippen LogP contribution in [0.2, 0.25) is 0 Å². The Hall–Kier alpha value is -0.240. The summed E-state index contributed by atoms with van der Waals surface area (Å²) < 4.78 is 5.07. The minimum Gasteiger partial charge on any atom is -0.379 e. The van der Waals surface area contributed by atoms with Crippen LogP contribution in [0.5, 0.6) is 0 Å². The van der Waals surface area contributed by atoms with Crippen LogP contribution in [-0.4, -0.2) is 31.3 Å². The largest absolute Gasteiger partial charge is 0.379 e. The number of nitrogens with two attached hydrogens (primary N) is 1. The van der Waals surface area contributed by atoms with Crippen LogP contribution in [0.1, 0.15) is 0 Å². The predicted molar refractivity (Wildman–Crippen MR) is 42.8 cm³/mol. The van der Waals surface area contributed by atoms with Gasteiger partial charge in [0.2, 0.25) is 0 Å². The number of ether oxygens (including phenoxy) is 1. The van der Waals surface area contributed by atoms with E-state index in [-0.39, 0.29) is 0 Å². The van der Waals surface area contributed by atoms with Crippen LogP contribution in [0, 0.1) is 11.3 Å². The lowest BCUT2D eigenvalue weighted by molar-refractivity contribution is 0.158. The van der Waals surface area contributed by atoms with Crippen LogP contribution >= 0.6 is 11.8 Å². The number of nitrogens with zero attached hydrogens (tertiary/aromatic N) is 1. The molecule has 0 saturated carbocycles. The normalized spacial score (nSPS) is 9.20. The molecule has 0 amide bonds. The Bertz CT molecular complexity index is 102. The second kappa shape index (κ2) is 8.76. The second-order valence-corrected chi connectivity index (χ2v) is 2.72. The van der Waals surface area contributed by atoms with Crippen molar-refractivity contribution in [2.75, 3.05) is 31.3 Å². The van der Waals surface area contributed by atoms with Gasteiger partial charge in [0.15, 0.2) is 0 Å². The monoisotopic (exact) mass is 160 g/mol. The summed E-state index contributed by atoms with van der Waals surface area (Å²) in [6.45, 7) is 1.89. The Morgan fingerprint density at radius 1 is 1.50 bits per heavy atom. The third-order valence-electron chi connectivity index (χ3n) is 0.801. The topological polar surface area (TPSA) is 59.0 Å². The summed E-state index contributed by atoms with van der Waals surface area (Å²) in [5.41, 5.74) is 5.19. The van der Waals surface area contributed by atoms with E-state index in [2.05, 4.69) is 0 Å². The van der Waals surface area contributed by atoms with Gasteiger partial charge in [-0.15, -0.1) is 11.8 Å². The first-order chi connectivity index (χ1) is 4.91. The highest BCUT2D eigenvalue weighted by atomic mass is 32.2. The van der Waals surface area contributed by atoms with E-state index in [4.69, 9.17) is 15.7 Å². The Kier molecular flexibility index (Phi) is 8.55. The summed E-state index contributed by atoms with van der Waals surface area (Å²) in [5, 5.41) is 8.14. The molecule has 0 fully saturated rings. The maximum absolute atomic E-state index is 8.14. The lowest BCUT2D eigenvalue weighted by atomic mass is 10.7. The standard InChI is InChI=1S/C6H12N2OS/c7-1-3-9-4-6-10-5-2-8/h1,3-7H2.